The van der Waals surface area contributed by atoms with Gasteiger partial charge in [0.15, 0.2) is 0 Å². The number of nitrogens with zero attached hydrogens (tertiary/aromatic N) is 4. The van der Waals surface area contributed by atoms with Crippen LogP contribution in [0.25, 0.3) is 11.4 Å². The summed E-state index contributed by atoms with van der Waals surface area (Å²) >= 11 is 0. The van der Waals surface area contributed by atoms with Crippen LogP contribution < -0.4 is 0 Å². The monoisotopic (exact) mass is 366 g/mol. The molecule has 1 aliphatic rings. The zero-order chi connectivity index (χ0) is 18.6. The van der Waals surface area contributed by atoms with Crippen LogP contribution in [-0.2, 0) is 13.1 Å². The highest BCUT2D eigenvalue weighted by Crippen LogP contribution is 2.18. The van der Waals surface area contributed by atoms with Gasteiger partial charge in [0.1, 0.15) is 5.82 Å². The van der Waals surface area contributed by atoms with Gasteiger partial charge in [-0.05, 0) is 42.3 Å². The van der Waals surface area contributed by atoms with E-state index in [0.717, 1.165) is 38.3 Å². The van der Waals surface area contributed by atoms with Crippen molar-refractivity contribution in [3.8, 4) is 11.4 Å². The lowest BCUT2D eigenvalue weighted by atomic mass is 10.1. The van der Waals surface area contributed by atoms with Gasteiger partial charge in [0.05, 0.1) is 6.54 Å². The number of hydrogen-bond acceptors (Lipinski definition) is 5. The molecule has 0 N–H and O–H groups in total. The highest BCUT2D eigenvalue weighted by molar-refractivity contribution is 5.53. The average molecular weight is 366 g/mol. The van der Waals surface area contributed by atoms with Gasteiger partial charge in [-0.2, -0.15) is 4.98 Å². The Balaban J connectivity index is 1.31. The predicted octanol–water partition coefficient (Wildman–Crippen LogP) is 3.50. The molecule has 0 spiro atoms. The SMILES string of the molecule is Cc1ccccc1CN1CCN(Cc2nc(-c3ccc(F)cc3)no2)CC1. The molecule has 0 unspecified atom stereocenters. The Morgan fingerprint density at radius 2 is 1.59 bits per heavy atom. The molecule has 0 radical (unpaired) electrons. The van der Waals surface area contributed by atoms with Gasteiger partial charge in [0.2, 0.25) is 11.7 Å². The lowest BCUT2D eigenvalue weighted by Gasteiger charge is -2.34. The number of rotatable bonds is 5. The van der Waals surface area contributed by atoms with Crippen LogP contribution in [0, 0.1) is 12.7 Å². The molecule has 2 heterocycles. The average Bonchev–Trinajstić information content (AvgIpc) is 3.14. The third-order valence-corrected chi connectivity index (χ3v) is 5.05. The summed E-state index contributed by atoms with van der Waals surface area (Å²) in [7, 11) is 0. The van der Waals surface area contributed by atoms with E-state index in [-0.39, 0.29) is 5.82 Å². The maximum absolute atomic E-state index is 13.0. The second-order valence-corrected chi connectivity index (χ2v) is 7.00. The molecule has 2 aromatic carbocycles. The molecule has 0 atom stereocenters. The van der Waals surface area contributed by atoms with Crippen LogP contribution in [0.3, 0.4) is 0 Å². The summed E-state index contributed by atoms with van der Waals surface area (Å²) in [6.07, 6.45) is 0. The van der Waals surface area contributed by atoms with Gasteiger partial charge in [0, 0.05) is 38.3 Å². The van der Waals surface area contributed by atoms with Crippen molar-refractivity contribution in [3.63, 3.8) is 0 Å². The Kier molecular flexibility index (Phi) is 5.27. The molecule has 3 aromatic rings. The number of aromatic nitrogens is 2. The smallest absolute Gasteiger partial charge is 0.241 e. The molecule has 0 aliphatic carbocycles. The number of halogens is 1. The fraction of sp³-hybridized carbons (Fsp3) is 0.333. The fourth-order valence-corrected chi connectivity index (χ4v) is 3.36. The van der Waals surface area contributed by atoms with Crippen LogP contribution in [0.2, 0.25) is 0 Å². The van der Waals surface area contributed by atoms with Crippen LogP contribution in [0.1, 0.15) is 17.0 Å². The summed E-state index contributed by atoms with van der Waals surface area (Å²) in [5, 5.41) is 4.02. The summed E-state index contributed by atoms with van der Waals surface area (Å²) < 4.78 is 18.4. The highest BCUT2D eigenvalue weighted by atomic mass is 19.1. The molecule has 0 bridgehead atoms. The lowest BCUT2D eigenvalue weighted by molar-refractivity contribution is 0.112. The van der Waals surface area contributed by atoms with Gasteiger partial charge >= 0.3 is 0 Å². The van der Waals surface area contributed by atoms with Crippen LogP contribution in [0.5, 0.6) is 0 Å². The molecule has 0 amide bonds. The number of hydrogen-bond donors (Lipinski definition) is 0. The molecule has 1 saturated heterocycles. The van der Waals surface area contributed by atoms with Crippen molar-refractivity contribution in [1.29, 1.82) is 0 Å². The first-order chi connectivity index (χ1) is 13.2. The second kappa shape index (κ2) is 7.98. The molecule has 1 aliphatic heterocycles. The number of piperazine rings is 1. The van der Waals surface area contributed by atoms with Crippen LogP contribution >= 0.6 is 0 Å². The van der Waals surface area contributed by atoms with E-state index in [9.17, 15) is 4.39 Å². The van der Waals surface area contributed by atoms with Crippen molar-refractivity contribution in [2.24, 2.45) is 0 Å². The van der Waals surface area contributed by atoms with Crippen molar-refractivity contribution >= 4 is 0 Å². The van der Waals surface area contributed by atoms with Crippen molar-refractivity contribution in [2.75, 3.05) is 26.2 Å². The Bertz CT molecular complexity index is 885. The molecule has 27 heavy (non-hydrogen) atoms. The topological polar surface area (TPSA) is 45.4 Å². The molecule has 0 saturated carbocycles. The van der Waals surface area contributed by atoms with Crippen molar-refractivity contribution < 1.29 is 8.91 Å². The highest BCUT2D eigenvalue weighted by Gasteiger charge is 2.20. The molecule has 1 aromatic heterocycles. The fourth-order valence-electron chi connectivity index (χ4n) is 3.36. The maximum atomic E-state index is 13.0. The van der Waals surface area contributed by atoms with Crippen LogP contribution in [-0.4, -0.2) is 46.1 Å². The van der Waals surface area contributed by atoms with E-state index >= 15 is 0 Å². The Hall–Kier alpha value is -2.57. The van der Waals surface area contributed by atoms with E-state index in [1.54, 1.807) is 12.1 Å². The van der Waals surface area contributed by atoms with Gasteiger partial charge in [-0.15, -0.1) is 0 Å². The zero-order valence-corrected chi connectivity index (χ0v) is 15.4. The number of benzene rings is 2. The Labute approximate surface area is 158 Å². The van der Waals surface area contributed by atoms with E-state index in [2.05, 4.69) is 51.1 Å². The van der Waals surface area contributed by atoms with E-state index in [1.807, 2.05) is 0 Å². The predicted molar refractivity (Wildman–Crippen MR) is 101 cm³/mol. The van der Waals surface area contributed by atoms with Gasteiger partial charge in [-0.3, -0.25) is 9.80 Å². The Morgan fingerprint density at radius 1 is 0.926 bits per heavy atom. The molecule has 140 valence electrons. The molecular formula is C21H23FN4O. The van der Waals surface area contributed by atoms with Crippen LogP contribution in [0.15, 0.2) is 53.1 Å². The molecule has 4 rings (SSSR count). The summed E-state index contributed by atoms with van der Waals surface area (Å²) in [6, 6.07) is 14.7. The van der Waals surface area contributed by atoms with E-state index in [1.165, 1.54) is 23.3 Å². The van der Waals surface area contributed by atoms with Gasteiger partial charge in [0.25, 0.3) is 0 Å². The minimum absolute atomic E-state index is 0.272. The van der Waals surface area contributed by atoms with Crippen molar-refractivity contribution in [1.82, 2.24) is 19.9 Å². The van der Waals surface area contributed by atoms with E-state index in [0.29, 0.717) is 18.3 Å². The van der Waals surface area contributed by atoms with E-state index < -0.39 is 0 Å². The van der Waals surface area contributed by atoms with Gasteiger partial charge < -0.3 is 4.52 Å². The van der Waals surface area contributed by atoms with Crippen molar-refractivity contribution in [3.05, 3.63) is 71.4 Å². The first kappa shape index (κ1) is 17.8. The van der Waals surface area contributed by atoms with Gasteiger partial charge in [-0.1, -0.05) is 29.4 Å². The lowest BCUT2D eigenvalue weighted by Crippen LogP contribution is -2.45. The van der Waals surface area contributed by atoms with Crippen LogP contribution in [0.4, 0.5) is 4.39 Å². The third kappa shape index (κ3) is 4.40. The minimum atomic E-state index is -0.272. The standard InChI is InChI=1S/C21H23FN4O/c1-16-4-2-3-5-18(16)14-25-10-12-26(13-11-25)15-20-23-21(24-27-20)17-6-8-19(22)9-7-17/h2-9H,10-15H2,1H3. The third-order valence-electron chi connectivity index (χ3n) is 5.05. The molecule has 6 heteroatoms. The summed E-state index contributed by atoms with van der Waals surface area (Å²) in [5.74, 6) is 0.830. The molecular weight excluding hydrogens is 343 g/mol. The normalized spacial score (nSPS) is 15.9. The molecule has 5 nitrogen and oxygen atoms in total. The zero-order valence-electron chi connectivity index (χ0n) is 15.4. The summed E-state index contributed by atoms with van der Waals surface area (Å²) in [6.45, 7) is 7.79. The summed E-state index contributed by atoms with van der Waals surface area (Å²) in [4.78, 5) is 9.26. The van der Waals surface area contributed by atoms with Crippen molar-refractivity contribution in [2.45, 2.75) is 20.0 Å². The number of aryl methyl sites for hydroxylation is 1. The maximum Gasteiger partial charge on any atom is 0.241 e. The Morgan fingerprint density at radius 3 is 2.30 bits per heavy atom. The largest absolute Gasteiger partial charge is 0.338 e. The quantitative estimate of drug-likeness (QED) is 0.692. The second-order valence-electron chi connectivity index (χ2n) is 7.00. The summed E-state index contributed by atoms with van der Waals surface area (Å²) in [5.41, 5.74) is 3.50. The van der Waals surface area contributed by atoms with Gasteiger partial charge in [-0.25, -0.2) is 4.39 Å². The minimum Gasteiger partial charge on any atom is -0.338 e. The first-order valence-corrected chi connectivity index (χ1v) is 9.25. The molecule has 1 fully saturated rings. The first-order valence-electron chi connectivity index (χ1n) is 9.25. The van der Waals surface area contributed by atoms with E-state index in [4.69, 9.17) is 4.52 Å².